The van der Waals surface area contributed by atoms with Gasteiger partial charge in [0, 0.05) is 16.9 Å². The first kappa shape index (κ1) is 17.2. The Labute approximate surface area is 149 Å². The molecule has 1 heterocycles. The van der Waals surface area contributed by atoms with E-state index in [-0.39, 0.29) is 11.1 Å². The van der Waals surface area contributed by atoms with Crippen molar-refractivity contribution in [3.63, 3.8) is 0 Å². The number of thioether (sulfide) groups is 1. The normalized spacial score (nSPS) is 12.0. The minimum Gasteiger partial charge on any atom is -0.497 e. The molecule has 2 aromatic carbocycles. The molecule has 3 rings (SSSR count). The second kappa shape index (κ2) is 7.52. The molecule has 1 atom stereocenters. The van der Waals surface area contributed by atoms with E-state index >= 15 is 0 Å². The molecular weight excluding hydrogens is 343 g/mol. The molecule has 130 valence electrons. The Morgan fingerprint density at radius 1 is 1.12 bits per heavy atom. The van der Waals surface area contributed by atoms with Crippen molar-refractivity contribution in [2.24, 2.45) is 0 Å². The summed E-state index contributed by atoms with van der Waals surface area (Å²) in [7, 11) is 3.16. The average molecular weight is 360 g/mol. The topological polar surface area (TPSA) is 62.1 Å². The average Bonchev–Trinajstić information content (AvgIpc) is 3.09. The standard InChI is InChI=1S/C17H17FN4O2S/c1-11(13-6-4-5-7-14(13)18)25-17-19-20-21-22(17)15-10-12(23-2)8-9-16(15)24-3/h4-11H,1-3H3. The van der Waals surface area contributed by atoms with Crippen molar-refractivity contribution in [3.8, 4) is 17.2 Å². The zero-order valence-electron chi connectivity index (χ0n) is 14.0. The molecule has 6 nitrogen and oxygen atoms in total. The lowest BCUT2D eigenvalue weighted by Gasteiger charge is -2.14. The quantitative estimate of drug-likeness (QED) is 0.625. The van der Waals surface area contributed by atoms with E-state index in [1.807, 2.05) is 13.0 Å². The Morgan fingerprint density at radius 3 is 2.64 bits per heavy atom. The van der Waals surface area contributed by atoms with Gasteiger partial charge in [-0.2, -0.15) is 4.68 Å². The van der Waals surface area contributed by atoms with E-state index in [0.29, 0.717) is 27.9 Å². The summed E-state index contributed by atoms with van der Waals surface area (Å²) in [5.41, 5.74) is 1.25. The molecule has 3 aromatic rings. The smallest absolute Gasteiger partial charge is 0.214 e. The third-order valence-electron chi connectivity index (χ3n) is 3.68. The van der Waals surface area contributed by atoms with Crippen LogP contribution in [-0.4, -0.2) is 34.4 Å². The number of methoxy groups -OCH3 is 2. The van der Waals surface area contributed by atoms with Gasteiger partial charge in [0.15, 0.2) is 0 Å². The number of aromatic nitrogens is 4. The predicted molar refractivity (Wildman–Crippen MR) is 92.9 cm³/mol. The summed E-state index contributed by atoms with van der Waals surface area (Å²) in [6.07, 6.45) is 0. The predicted octanol–water partition coefficient (Wildman–Crippen LogP) is 3.67. The summed E-state index contributed by atoms with van der Waals surface area (Å²) in [5.74, 6) is 1.01. The van der Waals surface area contributed by atoms with Crippen molar-refractivity contribution in [1.82, 2.24) is 20.2 Å². The molecule has 1 aromatic heterocycles. The molecule has 8 heteroatoms. The van der Waals surface area contributed by atoms with Crippen LogP contribution in [0.3, 0.4) is 0 Å². The van der Waals surface area contributed by atoms with E-state index in [1.165, 1.54) is 17.8 Å². The van der Waals surface area contributed by atoms with Crippen LogP contribution in [0, 0.1) is 5.82 Å². The summed E-state index contributed by atoms with van der Waals surface area (Å²) in [6, 6.07) is 12.0. The number of hydrogen-bond acceptors (Lipinski definition) is 6. The van der Waals surface area contributed by atoms with E-state index in [4.69, 9.17) is 9.47 Å². The van der Waals surface area contributed by atoms with Crippen molar-refractivity contribution >= 4 is 11.8 Å². The molecule has 0 bridgehead atoms. The zero-order chi connectivity index (χ0) is 17.8. The number of hydrogen-bond donors (Lipinski definition) is 0. The van der Waals surface area contributed by atoms with Gasteiger partial charge < -0.3 is 9.47 Å². The maximum Gasteiger partial charge on any atom is 0.214 e. The first-order valence-electron chi connectivity index (χ1n) is 7.56. The van der Waals surface area contributed by atoms with Crippen LogP contribution in [0.15, 0.2) is 47.6 Å². The van der Waals surface area contributed by atoms with Crippen LogP contribution in [0.5, 0.6) is 11.5 Å². The van der Waals surface area contributed by atoms with Crippen LogP contribution >= 0.6 is 11.8 Å². The molecule has 0 amide bonds. The lowest BCUT2D eigenvalue weighted by Crippen LogP contribution is -2.04. The van der Waals surface area contributed by atoms with Crippen molar-refractivity contribution < 1.29 is 13.9 Å². The molecule has 0 spiro atoms. The lowest BCUT2D eigenvalue weighted by molar-refractivity contribution is 0.399. The molecule has 25 heavy (non-hydrogen) atoms. The zero-order valence-corrected chi connectivity index (χ0v) is 14.8. The van der Waals surface area contributed by atoms with E-state index in [9.17, 15) is 4.39 Å². The molecule has 0 aliphatic heterocycles. The summed E-state index contributed by atoms with van der Waals surface area (Å²) < 4.78 is 26.2. The van der Waals surface area contributed by atoms with Crippen molar-refractivity contribution in [3.05, 3.63) is 53.8 Å². The maximum atomic E-state index is 14.0. The number of rotatable bonds is 6. The van der Waals surface area contributed by atoms with Gasteiger partial charge in [-0.25, -0.2) is 4.39 Å². The van der Waals surface area contributed by atoms with Crippen molar-refractivity contribution in [2.45, 2.75) is 17.3 Å². The third kappa shape index (κ3) is 3.58. The van der Waals surface area contributed by atoms with Gasteiger partial charge >= 0.3 is 0 Å². The highest BCUT2D eigenvalue weighted by atomic mass is 32.2. The molecule has 0 fully saturated rings. The van der Waals surface area contributed by atoms with Crippen LogP contribution in [0.1, 0.15) is 17.7 Å². The lowest BCUT2D eigenvalue weighted by atomic mass is 10.1. The van der Waals surface area contributed by atoms with Crippen LogP contribution in [0.25, 0.3) is 5.69 Å². The number of nitrogens with zero attached hydrogens (tertiary/aromatic N) is 4. The van der Waals surface area contributed by atoms with Crippen LogP contribution < -0.4 is 9.47 Å². The van der Waals surface area contributed by atoms with E-state index < -0.39 is 0 Å². The minimum absolute atomic E-state index is 0.164. The Balaban J connectivity index is 1.95. The molecular formula is C17H17FN4O2S. The molecule has 0 saturated heterocycles. The van der Waals surface area contributed by atoms with E-state index in [1.54, 1.807) is 49.2 Å². The molecule has 0 aliphatic carbocycles. The fourth-order valence-corrected chi connectivity index (χ4v) is 3.34. The number of ether oxygens (including phenoxy) is 2. The number of halogens is 1. The van der Waals surface area contributed by atoms with E-state index in [0.717, 1.165) is 0 Å². The Bertz CT molecular complexity index is 871. The van der Waals surface area contributed by atoms with Crippen LogP contribution in [0.2, 0.25) is 0 Å². The highest BCUT2D eigenvalue weighted by Crippen LogP contribution is 2.37. The monoisotopic (exact) mass is 360 g/mol. The second-order valence-corrected chi connectivity index (χ2v) is 6.50. The maximum absolute atomic E-state index is 14.0. The highest BCUT2D eigenvalue weighted by Gasteiger charge is 2.19. The molecule has 0 aliphatic rings. The minimum atomic E-state index is -0.250. The van der Waals surface area contributed by atoms with Crippen LogP contribution in [0.4, 0.5) is 4.39 Å². The van der Waals surface area contributed by atoms with Crippen LogP contribution in [-0.2, 0) is 0 Å². The van der Waals surface area contributed by atoms with Gasteiger partial charge in [-0.3, -0.25) is 0 Å². The third-order valence-corrected chi connectivity index (χ3v) is 4.75. The molecule has 0 saturated carbocycles. The number of benzene rings is 2. The van der Waals surface area contributed by atoms with Gasteiger partial charge in [-0.1, -0.05) is 30.0 Å². The van der Waals surface area contributed by atoms with E-state index in [2.05, 4.69) is 15.5 Å². The number of tetrazole rings is 1. The molecule has 0 N–H and O–H groups in total. The molecule has 0 radical (unpaired) electrons. The fourth-order valence-electron chi connectivity index (χ4n) is 2.39. The van der Waals surface area contributed by atoms with Gasteiger partial charge in [0.05, 0.1) is 14.2 Å². The van der Waals surface area contributed by atoms with Gasteiger partial charge in [0.25, 0.3) is 0 Å². The Morgan fingerprint density at radius 2 is 1.92 bits per heavy atom. The van der Waals surface area contributed by atoms with Crippen molar-refractivity contribution in [2.75, 3.05) is 14.2 Å². The summed E-state index contributed by atoms with van der Waals surface area (Å²) in [4.78, 5) is 0. The summed E-state index contributed by atoms with van der Waals surface area (Å²) in [5, 5.41) is 12.2. The largest absolute Gasteiger partial charge is 0.497 e. The first-order chi connectivity index (χ1) is 12.1. The first-order valence-corrected chi connectivity index (χ1v) is 8.44. The van der Waals surface area contributed by atoms with Gasteiger partial charge in [-0.15, -0.1) is 5.10 Å². The summed E-state index contributed by atoms with van der Waals surface area (Å²) >= 11 is 1.36. The van der Waals surface area contributed by atoms with Gasteiger partial charge in [0.1, 0.15) is 23.0 Å². The van der Waals surface area contributed by atoms with Gasteiger partial charge in [0.2, 0.25) is 5.16 Å². The Kier molecular flexibility index (Phi) is 5.18. The SMILES string of the molecule is COc1ccc(OC)c(-n2nnnc2SC(C)c2ccccc2F)c1. The van der Waals surface area contributed by atoms with Crippen molar-refractivity contribution in [1.29, 1.82) is 0 Å². The molecule has 1 unspecified atom stereocenters. The highest BCUT2D eigenvalue weighted by molar-refractivity contribution is 7.99. The fraction of sp³-hybridized carbons (Fsp3) is 0.235. The van der Waals surface area contributed by atoms with Gasteiger partial charge in [-0.05, 0) is 35.5 Å². The second-order valence-electron chi connectivity index (χ2n) is 5.19. The summed E-state index contributed by atoms with van der Waals surface area (Å²) in [6.45, 7) is 1.91. The Hall–Kier alpha value is -2.61.